The van der Waals surface area contributed by atoms with Crippen LogP contribution in [0.5, 0.6) is 0 Å². The van der Waals surface area contributed by atoms with Crippen LogP contribution in [0.4, 0.5) is 5.69 Å². The van der Waals surface area contributed by atoms with Crippen LogP contribution in [0.2, 0.25) is 0 Å². The first-order valence-corrected chi connectivity index (χ1v) is 8.04. The summed E-state index contributed by atoms with van der Waals surface area (Å²) in [6, 6.07) is 7.07. The van der Waals surface area contributed by atoms with Crippen LogP contribution < -0.4 is 10.2 Å². The van der Waals surface area contributed by atoms with Gasteiger partial charge in [-0.15, -0.1) is 11.3 Å². The molecule has 1 aromatic carbocycles. The van der Waals surface area contributed by atoms with Gasteiger partial charge in [-0.1, -0.05) is 0 Å². The summed E-state index contributed by atoms with van der Waals surface area (Å²) < 4.78 is 0. The molecule has 0 saturated carbocycles. The Morgan fingerprint density at radius 2 is 2.25 bits per heavy atom. The molecule has 0 saturated heterocycles. The number of aryl methyl sites for hydroxylation is 1. The van der Waals surface area contributed by atoms with Crippen molar-refractivity contribution in [2.24, 2.45) is 0 Å². The lowest BCUT2D eigenvalue weighted by atomic mass is 10.00. The van der Waals surface area contributed by atoms with E-state index in [-0.39, 0.29) is 0 Å². The summed E-state index contributed by atoms with van der Waals surface area (Å²) >= 11 is 1.73. The molecule has 1 aromatic heterocycles. The fourth-order valence-corrected chi connectivity index (χ4v) is 3.59. The quantitative estimate of drug-likeness (QED) is 0.937. The molecule has 0 aliphatic carbocycles. The van der Waals surface area contributed by atoms with Crippen LogP contribution in [-0.4, -0.2) is 25.6 Å². The molecule has 20 heavy (non-hydrogen) atoms. The fraction of sp³-hybridized carbons (Fsp3) is 0.438. The van der Waals surface area contributed by atoms with Crippen molar-refractivity contribution >= 4 is 17.0 Å². The molecule has 0 amide bonds. The van der Waals surface area contributed by atoms with E-state index < -0.39 is 0 Å². The molecule has 4 heteroatoms. The summed E-state index contributed by atoms with van der Waals surface area (Å²) in [6.45, 7) is 3.30. The summed E-state index contributed by atoms with van der Waals surface area (Å²) in [5.74, 6) is 0. The third-order valence-corrected chi connectivity index (χ3v) is 4.99. The standard InChI is InChI=1S/C16H21N3S/c1-11(17-2)14-10-20-16(18-14)13-6-7-15-12(9-13)5-4-8-19(15)3/h6-7,9-11,17H,4-5,8H2,1-3H3. The molecule has 0 spiro atoms. The number of thiazole rings is 1. The van der Waals surface area contributed by atoms with Crippen molar-refractivity contribution in [2.45, 2.75) is 25.8 Å². The molecule has 1 N–H and O–H groups in total. The largest absolute Gasteiger partial charge is 0.374 e. The van der Waals surface area contributed by atoms with E-state index >= 15 is 0 Å². The molecule has 1 aliphatic rings. The molecule has 0 radical (unpaired) electrons. The minimum absolute atomic E-state index is 0.309. The molecular weight excluding hydrogens is 266 g/mol. The Labute approximate surface area is 124 Å². The van der Waals surface area contributed by atoms with Crippen LogP contribution in [0.15, 0.2) is 23.6 Å². The van der Waals surface area contributed by atoms with Crippen molar-refractivity contribution in [2.75, 3.05) is 25.5 Å². The Balaban J connectivity index is 1.93. The molecule has 106 valence electrons. The maximum Gasteiger partial charge on any atom is 0.123 e. The summed E-state index contributed by atoms with van der Waals surface area (Å²) in [5, 5.41) is 6.52. The predicted octanol–water partition coefficient (Wildman–Crippen LogP) is 3.47. The molecule has 1 unspecified atom stereocenters. The number of nitrogens with zero attached hydrogens (tertiary/aromatic N) is 2. The maximum absolute atomic E-state index is 4.76. The number of hydrogen-bond acceptors (Lipinski definition) is 4. The van der Waals surface area contributed by atoms with Gasteiger partial charge < -0.3 is 10.2 Å². The Morgan fingerprint density at radius 1 is 1.40 bits per heavy atom. The van der Waals surface area contributed by atoms with Crippen molar-refractivity contribution in [3.63, 3.8) is 0 Å². The van der Waals surface area contributed by atoms with Gasteiger partial charge in [-0.05, 0) is 50.6 Å². The van der Waals surface area contributed by atoms with Gasteiger partial charge in [0.1, 0.15) is 5.01 Å². The van der Waals surface area contributed by atoms with E-state index in [4.69, 9.17) is 4.98 Å². The monoisotopic (exact) mass is 287 g/mol. The van der Waals surface area contributed by atoms with Crippen molar-refractivity contribution in [1.29, 1.82) is 0 Å². The van der Waals surface area contributed by atoms with Crippen LogP contribution in [-0.2, 0) is 6.42 Å². The first-order valence-electron chi connectivity index (χ1n) is 7.16. The zero-order valence-electron chi connectivity index (χ0n) is 12.3. The van der Waals surface area contributed by atoms with E-state index in [2.05, 4.69) is 47.8 Å². The van der Waals surface area contributed by atoms with Crippen molar-refractivity contribution in [1.82, 2.24) is 10.3 Å². The fourth-order valence-electron chi connectivity index (χ4n) is 2.68. The van der Waals surface area contributed by atoms with Crippen LogP contribution in [0, 0.1) is 0 Å². The molecule has 0 fully saturated rings. The third-order valence-electron chi connectivity index (χ3n) is 4.08. The summed E-state index contributed by atoms with van der Waals surface area (Å²) in [5.41, 5.74) is 5.20. The predicted molar refractivity (Wildman–Crippen MR) is 86.6 cm³/mol. The lowest BCUT2D eigenvalue weighted by Gasteiger charge is -2.27. The number of anilines is 1. The molecule has 1 atom stereocenters. The topological polar surface area (TPSA) is 28.2 Å². The van der Waals surface area contributed by atoms with E-state index in [1.54, 1.807) is 11.3 Å². The first-order chi connectivity index (χ1) is 9.69. The van der Waals surface area contributed by atoms with Gasteiger partial charge in [0.15, 0.2) is 0 Å². The lowest BCUT2D eigenvalue weighted by Crippen LogP contribution is -2.24. The second-order valence-corrected chi connectivity index (χ2v) is 6.31. The van der Waals surface area contributed by atoms with E-state index in [0.717, 1.165) is 17.2 Å². The smallest absolute Gasteiger partial charge is 0.123 e. The minimum atomic E-state index is 0.309. The number of hydrogen-bond donors (Lipinski definition) is 1. The van der Waals surface area contributed by atoms with Crippen LogP contribution in [0.1, 0.15) is 30.6 Å². The third kappa shape index (κ3) is 2.45. The molecule has 2 heterocycles. The average molecular weight is 287 g/mol. The van der Waals surface area contributed by atoms with E-state index in [9.17, 15) is 0 Å². The van der Waals surface area contributed by atoms with E-state index in [1.807, 2.05) is 7.05 Å². The molecule has 0 bridgehead atoms. The normalized spacial score (nSPS) is 16.1. The van der Waals surface area contributed by atoms with Crippen molar-refractivity contribution < 1.29 is 0 Å². The van der Waals surface area contributed by atoms with Gasteiger partial charge in [0.2, 0.25) is 0 Å². The average Bonchev–Trinajstić information content (AvgIpc) is 2.96. The number of nitrogens with one attached hydrogen (secondary N) is 1. The van der Waals surface area contributed by atoms with Gasteiger partial charge in [-0.3, -0.25) is 0 Å². The summed E-state index contributed by atoms with van der Waals surface area (Å²) in [7, 11) is 4.15. The zero-order chi connectivity index (χ0) is 14.1. The van der Waals surface area contributed by atoms with Gasteiger partial charge in [0.05, 0.1) is 5.69 Å². The van der Waals surface area contributed by atoms with Crippen LogP contribution in [0.3, 0.4) is 0 Å². The van der Waals surface area contributed by atoms with Crippen molar-refractivity contribution in [3.05, 3.63) is 34.8 Å². The highest BCUT2D eigenvalue weighted by molar-refractivity contribution is 7.13. The molecule has 3 rings (SSSR count). The maximum atomic E-state index is 4.76. The van der Waals surface area contributed by atoms with Gasteiger partial charge in [0.25, 0.3) is 0 Å². The summed E-state index contributed by atoms with van der Waals surface area (Å²) in [4.78, 5) is 7.11. The Bertz CT molecular complexity index is 606. The van der Waals surface area contributed by atoms with Crippen molar-refractivity contribution in [3.8, 4) is 10.6 Å². The van der Waals surface area contributed by atoms with Gasteiger partial charge in [-0.25, -0.2) is 4.98 Å². The highest BCUT2D eigenvalue weighted by atomic mass is 32.1. The Kier molecular flexibility index (Phi) is 3.76. The second-order valence-electron chi connectivity index (χ2n) is 5.46. The number of fused-ring (bicyclic) bond motifs is 1. The van der Waals surface area contributed by atoms with E-state index in [0.29, 0.717) is 6.04 Å². The highest BCUT2D eigenvalue weighted by Gasteiger charge is 2.15. The SMILES string of the molecule is CNC(C)c1csc(-c2ccc3c(c2)CCCN3C)n1. The minimum Gasteiger partial charge on any atom is -0.374 e. The molecule has 1 aliphatic heterocycles. The zero-order valence-corrected chi connectivity index (χ0v) is 13.1. The number of rotatable bonds is 3. The molecule has 2 aromatic rings. The summed E-state index contributed by atoms with van der Waals surface area (Å²) in [6.07, 6.45) is 2.42. The number of aromatic nitrogens is 1. The van der Waals surface area contributed by atoms with Crippen LogP contribution in [0.25, 0.3) is 10.6 Å². The van der Waals surface area contributed by atoms with E-state index in [1.165, 1.54) is 29.7 Å². The first kappa shape index (κ1) is 13.6. The highest BCUT2D eigenvalue weighted by Crippen LogP contribution is 2.32. The lowest BCUT2D eigenvalue weighted by molar-refractivity contribution is 0.637. The molecule has 3 nitrogen and oxygen atoms in total. The molecular formula is C16H21N3S. The second kappa shape index (κ2) is 5.54. The van der Waals surface area contributed by atoms with Gasteiger partial charge >= 0.3 is 0 Å². The number of benzene rings is 1. The van der Waals surface area contributed by atoms with Gasteiger partial charge in [0, 0.05) is 36.3 Å². The Hall–Kier alpha value is -1.39. The van der Waals surface area contributed by atoms with Crippen LogP contribution >= 0.6 is 11.3 Å². The van der Waals surface area contributed by atoms with Gasteiger partial charge in [-0.2, -0.15) is 0 Å². The Morgan fingerprint density at radius 3 is 3.05 bits per heavy atom.